The molecule has 2 atom stereocenters. The third kappa shape index (κ3) is 3.68. The van der Waals surface area contributed by atoms with Crippen LogP contribution in [0.15, 0.2) is 0 Å². The molecule has 2 aliphatic heterocycles. The van der Waals surface area contributed by atoms with E-state index in [1.54, 1.807) is 0 Å². The SMILES string of the molecule is CNC(C#N)CCN1CCC(N2CCCCC2)C1. The molecule has 4 heteroatoms. The summed E-state index contributed by atoms with van der Waals surface area (Å²) in [6, 6.07) is 3.09. The number of nitrogens with one attached hydrogen (secondary N) is 1. The molecule has 0 saturated carbocycles. The standard InChI is InChI=1S/C14H26N4/c1-16-13(11-15)5-9-17-10-6-14(12-17)18-7-3-2-4-8-18/h13-14,16H,2-10,12H2,1H3. The Kier molecular flexibility index (Phi) is 5.43. The Morgan fingerprint density at radius 1 is 1.28 bits per heavy atom. The van der Waals surface area contributed by atoms with Crippen LogP contribution in [0.1, 0.15) is 32.1 Å². The highest BCUT2D eigenvalue weighted by Crippen LogP contribution is 2.20. The van der Waals surface area contributed by atoms with Gasteiger partial charge in [-0.15, -0.1) is 0 Å². The molecule has 1 N–H and O–H groups in total. The van der Waals surface area contributed by atoms with Crippen LogP contribution >= 0.6 is 0 Å². The third-order valence-electron chi connectivity index (χ3n) is 4.39. The zero-order chi connectivity index (χ0) is 12.8. The maximum absolute atomic E-state index is 8.92. The van der Waals surface area contributed by atoms with Gasteiger partial charge in [0.15, 0.2) is 0 Å². The molecule has 2 unspecified atom stereocenters. The summed E-state index contributed by atoms with van der Waals surface area (Å²) in [5, 5.41) is 12.0. The quantitative estimate of drug-likeness (QED) is 0.792. The van der Waals surface area contributed by atoms with E-state index in [1.165, 1.54) is 51.9 Å². The van der Waals surface area contributed by atoms with Gasteiger partial charge in [-0.2, -0.15) is 5.26 Å². The van der Waals surface area contributed by atoms with E-state index in [4.69, 9.17) is 5.26 Å². The third-order valence-corrected chi connectivity index (χ3v) is 4.39. The lowest BCUT2D eigenvalue weighted by atomic mass is 10.1. The Morgan fingerprint density at radius 2 is 2.06 bits per heavy atom. The Morgan fingerprint density at radius 3 is 2.72 bits per heavy atom. The molecule has 0 aromatic rings. The van der Waals surface area contributed by atoms with Gasteiger partial charge in [0.25, 0.3) is 0 Å². The van der Waals surface area contributed by atoms with Gasteiger partial charge in [-0.25, -0.2) is 0 Å². The highest BCUT2D eigenvalue weighted by atomic mass is 15.3. The summed E-state index contributed by atoms with van der Waals surface area (Å²) in [6.45, 7) is 6.08. The largest absolute Gasteiger partial charge is 0.305 e. The van der Waals surface area contributed by atoms with E-state index in [2.05, 4.69) is 21.2 Å². The predicted molar refractivity (Wildman–Crippen MR) is 73.3 cm³/mol. The summed E-state index contributed by atoms with van der Waals surface area (Å²) in [7, 11) is 1.87. The molecule has 4 nitrogen and oxygen atoms in total. The van der Waals surface area contributed by atoms with Crippen LogP contribution in [0.5, 0.6) is 0 Å². The van der Waals surface area contributed by atoms with E-state index in [0.29, 0.717) is 0 Å². The molecule has 102 valence electrons. The van der Waals surface area contributed by atoms with Gasteiger partial charge in [0, 0.05) is 19.1 Å². The molecule has 0 bridgehead atoms. The average molecular weight is 250 g/mol. The van der Waals surface area contributed by atoms with Crippen LogP contribution in [0.3, 0.4) is 0 Å². The minimum atomic E-state index is 0.0130. The van der Waals surface area contributed by atoms with Crippen molar-refractivity contribution in [3.63, 3.8) is 0 Å². The maximum atomic E-state index is 8.92. The minimum absolute atomic E-state index is 0.0130. The molecule has 2 fully saturated rings. The van der Waals surface area contributed by atoms with E-state index in [9.17, 15) is 0 Å². The normalized spacial score (nSPS) is 28.1. The Bertz CT molecular complexity index is 280. The summed E-state index contributed by atoms with van der Waals surface area (Å²) in [5.41, 5.74) is 0. The number of nitriles is 1. The van der Waals surface area contributed by atoms with Crippen LogP contribution in [0.4, 0.5) is 0 Å². The Hall–Kier alpha value is -0.630. The molecule has 18 heavy (non-hydrogen) atoms. The Labute approximate surface area is 111 Å². The molecule has 0 aliphatic carbocycles. The molecule has 0 aromatic carbocycles. The summed E-state index contributed by atoms with van der Waals surface area (Å²) in [6.07, 6.45) is 6.44. The number of piperidine rings is 1. The molecular weight excluding hydrogens is 224 g/mol. The zero-order valence-corrected chi connectivity index (χ0v) is 11.6. The molecular formula is C14H26N4. The summed E-state index contributed by atoms with van der Waals surface area (Å²) < 4.78 is 0. The van der Waals surface area contributed by atoms with Gasteiger partial charge in [-0.05, 0) is 52.4 Å². The molecule has 0 radical (unpaired) electrons. The first kappa shape index (κ1) is 13.8. The molecule has 2 rings (SSSR count). The summed E-state index contributed by atoms with van der Waals surface area (Å²) in [5.74, 6) is 0. The van der Waals surface area contributed by atoms with Gasteiger partial charge in [0.2, 0.25) is 0 Å². The fourth-order valence-corrected chi connectivity index (χ4v) is 3.18. The lowest BCUT2D eigenvalue weighted by Crippen LogP contribution is -2.41. The first-order valence-electron chi connectivity index (χ1n) is 7.37. The number of likely N-dealkylation sites (tertiary alicyclic amines) is 2. The van der Waals surface area contributed by atoms with Gasteiger partial charge >= 0.3 is 0 Å². The summed E-state index contributed by atoms with van der Waals surface area (Å²) in [4.78, 5) is 5.21. The number of hydrogen-bond donors (Lipinski definition) is 1. The highest BCUT2D eigenvalue weighted by Gasteiger charge is 2.28. The number of nitrogens with zero attached hydrogens (tertiary/aromatic N) is 3. The van der Waals surface area contributed by atoms with Crippen molar-refractivity contribution in [2.24, 2.45) is 0 Å². The van der Waals surface area contributed by atoms with Gasteiger partial charge in [0.05, 0.1) is 12.1 Å². The second kappa shape index (κ2) is 7.08. The van der Waals surface area contributed by atoms with Crippen LogP contribution < -0.4 is 5.32 Å². The first-order valence-corrected chi connectivity index (χ1v) is 7.37. The maximum Gasteiger partial charge on any atom is 0.0962 e. The van der Waals surface area contributed by atoms with Crippen LogP contribution in [0.2, 0.25) is 0 Å². The minimum Gasteiger partial charge on any atom is -0.305 e. The van der Waals surface area contributed by atoms with E-state index in [1.807, 2.05) is 7.05 Å². The zero-order valence-electron chi connectivity index (χ0n) is 11.6. The fraction of sp³-hybridized carbons (Fsp3) is 0.929. The van der Waals surface area contributed by atoms with Crippen molar-refractivity contribution in [3.05, 3.63) is 0 Å². The van der Waals surface area contributed by atoms with Crippen molar-refractivity contribution in [2.75, 3.05) is 39.8 Å². The fourth-order valence-electron chi connectivity index (χ4n) is 3.18. The van der Waals surface area contributed by atoms with Crippen LogP contribution in [-0.4, -0.2) is 61.7 Å². The van der Waals surface area contributed by atoms with Crippen LogP contribution in [-0.2, 0) is 0 Å². The molecule has 2 saturated heterocycles. The molecule has 0 amide bonds. The van der Waals surface area contributed by atoms with E-state index in [-0.39, 0.29) is 6.04 Å². The van der Waals surface area contributed by atoms with Crippen molar-refractivity contribution < 1.29 is 0 Å². The molecule has 0 spiro atoms. The van der Waals surface area contributed by atoms with Gasteiger partial charge in [-0.1, -0.05) is 6.42 Å². The monoisotopic (exact) mass is 250 g/mol. The van der Waals surface area contributed by atoms with E-state index >= 15 is 0 Å². The van der Waals surface area contributed by atoms with Crippen molar-refractivity contribution in [1.29, 1.82) is 5.26 Å². The predicted octanol–water partition coefficient (Wildman–Crippen LogP) is 1.05. The van der Waals surface area contributed by atoms with Crippen molar-refractivity contribution in [1.82, 2.24) is 15.1 Å². The molecule has 2 aliphatic rings. The van der Waals surface area contributed by atoms with Gasteiger partial charge < -0.3 is 10.2 Å². The molecule has 2 heterocycles. The number of hydrogen-bond acceptors (Lipinski definition) is 4. The van der Waals surface area contributed by atoms with Gasteiger partial charge in [0.1, 0.15) is 0 Å². The van der Waals surface area contributed by atoms with E-state index < -0.39 is 0 Å². The van der Waals surface area contributed by atoms with Gasteiger partial charge in [-0.3, -0.25) is 4.90 Å². The topological polar surface area (TPSA) is 42.3 Å². The molecule has 0 aromatic heterocycles. The smallest absolute Gasteiger partial charge is 0.0962 e. The summed E-state index contributed by atoms with van der Waals surface area (Å²) >= 11 is 0. The second-order valence-corrected chi connectivity index (χ2v) is 5.60. The van der Waals surface area contributed by atoms with Crippen molar-refractivity contribution in [2.45, 2.75) is 44.2 Å². The lowest BCUT2D eigenvalue weighted by molar-refractivity contribution is 0.161. The van der Waals surface area contributed by atoms with Crippen molar-refractivity contribution in [3.8, 4) is 6.07 Å². The van der Waals surface area contributed by atoms with Crippen LogP contribution in [0, 0.1) is 11.3 Å². The Balaban J connectivity index is 1.69. The lowest BCUT2D eigenvalue weighted by Gasteiger charge is -2.32. The van der Waals surface area contributed by atoms with Crippen LogP contribution in [0.25, 0.3) is 0 Å². The van der Waals surface area contributed by atoms with Crippen molar-refractivity contribution >= 4 is 0 Å². The first-order chi connectivity index (χ1) is 8.83. The van der Waals surface area contributed by atoms with E-state index in [0.717, 1.165) is 19.0 Å². The second-order valence-electron chi connectivity index (χ2n) is 5.60. The average Bonchev–Trinajstić information content (AvgIpc) is 2.90. The highest BCUT2D eigenvalue weighted by molar-refractivity contribution is 4.91. The number of rotatable bonds is 5.